The van der Waals surface area contributed by atoms with E-state index in [4.69, 9.17) is 4.74 Å². The van der Waals surface area contributed by atoms with Crippen LogP contribution >= 0.6 is 0 Å². The van der Waals surface area contributed by atoms with E-state index in [2.05, 4.69) is 41.8 Å². The zero-order chi connectivity index (χ0) is 14.8. The Morgan fingerprint density at radius 2 is 1.10 bits per heavy atom. The van der Waals surface area contributed by atoms with Gasteiger partial charge in [-0.1, -0.05) is 0 Å². The summed E-state index contributed by atoms with van der Waals surface area (Å²) in [5, 5.41) is 0. The largest absolute Gasteiger partial charge is 1.00 e. The smallest absolute Gasteiger partial charge is 0.0808 e. The molecular formula is C16H38Br2N2O. The summed E-state index contributed by atoms with van der Waals surface area (Å²) in [6.07, 6.45) is 2.37. The van der Waals surface area contributed by atoms with Gasteiger partial charge in [-0.15, -0.1) is 0 Å². The van der Waals surface area contributed by atoms with Gasteiger partial charge in [0, 0.05) is 12.8 Å². The van der Waals surface area contributed by atoms with Crippen molar-refractivity contribution in [3.05, 3.63) is 0 Å². The van der Waals surface area contributed by atoms with E-state index in [0.717, 1.165) is 17.7 Å². The Bertz CT molecular complexity index is 214. The molecular weight excluding hydrogens is 396 g/mol. The minimum absolute atomic E-state index is 0. The monoisotopic (exact) mass is 432 g/mol. The van der Waals surface area contributed by atoms with Gasteiger partial charge in [0.15, 0.2) is 0 Å². The van der Waals surface area contributed by atoms with Crippen LogP contribution in [0.1, 0.15) is 40.5 Å². The molecule has 0 rings (SSSR count). The lowest BCUT2D eigenvalue weighted by Crippen LogP contribution is -3.00. The Morgan fingerprint density at radius 1 is 0.667 bits per heavy atom. The first-order valence-electron chi connectivity index (χ1n) is 8.20. The standard InChI is InChI=1S/C16H38N2O.2BrH/c1-7-17(5,6)13-11-15-19-16-12-14-18(8-2,9-3)10-4;;/h7-16H2,1-6H3;2*1H/q+2;;/p-2. The molecule has 0 aliphatic heterocycles. The fourth-order valence-electron chi connectivity index (χ4n) is 2.50. The van der Waals surface area contributed by atoms with E-state index in [1.54, 1.807) is 0 Å². The van der Waals surface area contributed by atoms with Crippen LogP contribution in [-0.4, -0.2) is 75.5 Å². The SMILES string of the molecule is CC[N+](C)(C)CCCOCCC[N+](CC)(CC)CC.[Br-].[Br-]. The molecule has 0 heterocycles. The summed E-state index contributed by atoms with van der Waals surface area (Å²) in [6.45, 7) is 18.4. The lowest BCUT2D eigenvalue weighted by Gasteiger charge is -2.35. The minimum Gasteiger partial charge on any atom is -1.00 e. The average Bonchev–Trinajstić information content (AvgIpc) is 2.43. The van der Waals surface area contributed by atoms with Crippen LogP contribution in [0.2, 0.25) is 0 Å². The highest BCUT2D eigenvalue weighted by molar-refractivity contribution is 4.42. The average molecular weight is 434 g/mol. The van der Waals surface area contributed by atoms with Crippen LogP contribution in [0.4, 0.5) is 0 Å². The molecule has 0 spiro atoms. The van der Waals surface area contributed by atoms with Gasteiger partial charge in [-0.05, 0) is 27.7 Å². The van der Waals surface area contributed by atoms with Gasteiger partial charge in [0.05, 0.1) is 66.6 Å². The van der Waals surface area contributed by atoms with Gasteiger partial charge >= 0.3 is 0 Å². The van der Waals surface area contributed by atoms with Crippen LogP contribution in [0.15, 0.2) is 0 Å². The van der Waals surface area contributed by atoms with Gasteiger partial charge < -0.3 is 47.7 Å². The third kappa shape index (κ3) is 12.0. The van der Waals surface area contributed by atoms with Gasteiger partial charge in [-0.2, -0.15) is 0 Å². The van der Waals surface area contributed by atoms with Crippen molar-refractivity contribution in [2.45, 2.75) is 40.5 Å². The molecule has 21 heavy (non-hydrogen) atoms. The second-order valence-corrected chi connectivity index (χ2v) is 6.31. The Labute approximate surface area is 154 Å². The molecule has 132 valence electrons. The van der Waals surface area contributed by atoms with Crippen LogP contribution in [0.3, 0.4) is 0 Å². The third-order valence-electron chi connectivity index (χ3n) is 4.84. The van der Waals surface area contributed by atoms with E-state index in [-0.39, 0.29) is 34.0 Å². The zero-order valence-corrected chi connectivity index (χ0v) is 18.3. The molecule has 0 aliphatic carbocycles. The van der Waals surface area contributed by atoms with Gasteiger partial charge in [0.2, 0.25) is 0 Å². The topological polar surface area (TPSA) is 9.23 Å². The summed E-state index contributed by atoms with van der Waals surface area (Å²) in [7, 11) is 4.57. The molecule has 0 aliphatic rings. The normalized spacial score (nSPS) is 11.7. The van der Waals surface area contributed by atoms with Crippen molar-refractivity contribution < 1.29 is 47.7 Å². The zero-order valence-electron chi connectivity index (χ0n) is 15.1. The molecule has 5 heteroatoms. The summed E-state index contributed by atoms with van der Waals surface area (Å²) < 4.78 is 8.12. The molecule has 0 atom stereocenters. The first kappa shape index (κ1) is 26.7. The highest BCUT2D eigenvalue weighted by atomic mass is 79.9. The molecule has 3 nitrogen and oxygen atoms in total. The molecule has 0 radical (unpaired) electrons. The molecule has 0 aromatic heterocycles. The van der Waals surface area contributed by atoms with E-state index in [0.29, 0.717) is 0 Å². The molecule has 0 fully saturated rings. The van der Waals surface area contributed by atoms with Gasteiger partial charge in [-0.25, -0.2) is 0 Å². The summed E-state index contributed by atoms with van der Waals surface area (Å²) in [5.74, 6) is 0. The second kappa shape index (κ2) is 14.4. The lowest BCUT2D eigenvalue weighted by molar-refractivity contribution is -0.923. The number of quaternary nitrogens is 2. The maximum Gasteiger partial charge on any atom is 0.0808 e. The van der Waals surface area contributed by atoms with E-state index in [9.17, 15) is 0 Å². The van der Waals surface area contributed by atoms with E-state index < -0.39 is 0 Å². The van der Waals surface area contributed by atoms with E-state index >= 15 is 0 Å². The van der Waals surface area contributed by atoms with Crippen molar-refractivity contribution in [3.8, 4) is 0 Å². The first-order valence-corrected chi connectivity index (χ1v) is 8.20. The number of rotatable bonds is 12. The molecule has 0 amide bonds. The van der Waals surface area contributed by atoms with Crippen LogP contribution < -0.4 is 34.0 Å². The number of hydrogen-bond acceptors (Lipinski definition) is 1. The maximum atomic E-state index is 5.78. The van der Waals surface area contributed by atoms with Crippen LogP contribution in [-0.2, 0) is 4.74 Å². The van der Waals surface area contributed by atoms with Gasteiger partial charge in [0.1, 0.15) is 0 Å². The van der Waals surface area contributed by atoms with Crippen LogP contribution in [0.5, 0.6) is 0 Å². The summed E-state index contributed by atoms with van der Waals surface area (Å²) in [6, 6.07) is 0. The summed E-state index contributed by atoms with van der Waals surface area (Å²) in [5.41, 5.74) is 0. The number of halogens is 2. The second-order valence-electron chi connectivity index (χ2n) is 6.31. The molecule has 0 aromatic rings. The van der Waals surface area contributed by atoms with Crippen LogP contribution in [0.25, 0.3) is 0 Å². The number of ether oxygens (including phenoxy) is 1. The lowest BCUT2D eigenvalue weighted by atomic mass is 10.3. The Morgan fingerprint density at radius 3 is 1.48 bits per heavy atom. The van der Waals surface area contributed by atoms with Crippen molar-refractivity contribution in [2.24, 2.45) is 0 Å². The minimum atomic E-state index is 0. The van der Waals surface area contributed by atoms with E-state index in [1.165, 1.54) is 56.6 Å². The molecule has 0 saturated carbocycles. The summed E-state index contributed by atoms with van der Waals surface area (Å²) >= 11 is 0. The fraction of sp³-hybridized carbons (Fsp3) is 1.00. The molecule has 0 unspecified atom stereocenters. The highest BCUT2D eigenvalue weighted by Crippen LogP contribution is 2.07. The van der Waals surface area contributed by atoms with Crippen molar-refractivity contribution in [3.63, 3.8) is 0 Å². The predicted octanol–water partition coefficient (Wildman–Crippen LogP) is -3.24. The Balaban J connectivity index is -0.00000162. The third-order valence-corrected chi connectivity index (χ3v) is 4.84. The molecule has 0 N–H and O–H groups in total. The fourth-order valence-corrected chi connectivity index (χ4v) is 2.50. The maximum absolute atomic E-state index is 5.78. The van der Waals surface area contributed by atoms with Crippen LogP contribution in [0, 0.1) is 0 Å². The Hall–Kier alpha value is 0.840. The molecule has 0 aromatic carbocycles. The molecule has 0 bridgehead atoms. The van der Waals surface area contributed by atoms with Gasteiger partial charge in [-0.3, -0.25) is 0 Å². The predicted molar refractivity (Wildman–Crippen MR) is 84.3 cm³/mol. The Kier molecular flexibility index (Phi) is 18.4. The van der Waals surface area contributed by atoms with Crippen molar-refractivity contribution >= 4 is 0 Å². The van der Waals surface area contributed by atoms with Crippen molar-refractivity contribution in [1.29, 1.82) is 0 Å². The molecule has 0 saturated heterocycles. The number of hydrogen-bond donors (Lipinski definition) is 0. The number of nitrogens with zero attached hydrogens (tertiary/aromatic N) is 2. The highest BCUT2D eigenvalue weighted by Gasteiger charge is 2.19. The van der Waals surface area contributed by atoms with Crippen molar-refractivity contribution in [2.75, 3.05) is 66.6 Å². The van der Waals surface area contributed by atoms with Crippen molar-refractivity contribution in [1.82, 2.24) is 0 Å². The quantitative estimate of drug-likeness (QED) is 0.232. The van der Waals surface area contributed by atoms with Gasteiger partial charge in [0.25, 0.3) is 0 Å². The first-order chi connectivity index (χ1) is 8.95. The van der Waals surface area contributed by atoms with E-state index in [1.807, 2.05) is 0 Å². The summed E-state index contributed by atoms with van der Waals surface area (Å²) in [4.78, 5) is 0.